The van der Waals surface area contributed by atoms with Crippen molar-refractivity contribution in [3.63, 3.8) is 0 Å². The molecule has 0 aliphatic carbocycles. The van der Waals surface area contributed by atoms with E-state index in [1.807, 2.05) is 50.4 Å². The number of thiocarbonyl (C=S) groups is 1. The lowest BCUT2D eigenvalue weighted by Crippen LogP contribution is -2.29. The zero-order valence-corrected chi connectivity index (χ0v) is 24.0. The van der Waals surface area contributed by atoms with Gasteiger partial charge in [-0.3, -0.25) is 9.78 Å². The number of benzene rings is 2. The van der Waals surface area contributed by atoms with Crippen LogP contribution in [-0.4, -0.2) is 20.6 Å². The fourth-order valence-electron chi connectivity index (χ4n) is 5.49. The van der Waals surface area contributed by atoms with Crippen molar-refractivity contribution < 1.29 is 4.79 Å². The van der Waals surface area contributed by atoms with E-state index in [0.717, 1.165) is 40.4 Å². The van der Waals surface area contributed by atoms with E-state index in [1.54, 1.807) is 0 Å². The molecule has 0 unspecified atom stereocenters. The number of aryl methyl sites for hydroxylation is 3. The molecule has 2 aromatic heterocycles. The smallest absolute Gasteiger partial charge is 0.224 e. The topological polar surface area (TPSA) is 62.2 Å². The van der Waals surface area contributed by atoms with Crippen molar-refractivity contribution in [3.05, 3.63) is 107 Å². The molecule has 39 heavy (non-hydrogen) atoms. The highest BCUT2D eigenvalue weighted by atomic mass is 32.1. The van der Waals surface area contributed by atoms with Gasteiger partial charge in [0.05, 0.1) is 17.8 Å². The molecule has 7 heteroatoms. The van der Waals surface area contributed by atoms with E-state index in [1.165, 1.54) is 16.8 Å². The number of amides is 1. The molecule has 2 atom stereocenters. The number of nitrogens with one attached hydrogen (secondary N) is 2. The third-order valence-corrected chi connectivity index (χ3v) is 7.89. The Labute approximate surface area is 236 Å². The van der Waals surface area contributed by atoms with Gasteiger partial charge in [0.25, 0.3) is 0 Å². The minimum Gasteiger partial charge on any atom is -0.351 e. The average molecular weight is 538 g/mol. The number of pyridine rings is 1. The molecule has 5 rings (SSSR count). The Morgan fingerprint density at radius 2 is 1.74 bits per heavy atom. The predicted molar refractivity (Wildman–Crippen MR) is 163 cm³/mol. The molecule has 0 bridgehead atoms. The van der Waals surface area contributed by atoms with E-state index in [2.05, 4.69) is 77.3 Å². The molecular formula is C32H35N5OS. The maximum Gasteiger partial charge on any atom is 0.224 e. The molecule has 2 N–H and O–H groups in total. The fourth-order valence-corrected chi connectivity index (χ4v) is 5.84. The Balaban J connectivity index is 1.62. The van der Waals surface area contributed by atoms with Gasteiger partial charge in [0.2, 0.25) is 5.91 Å². The molecule has 1 aliphatic heterocycles. The minimum absolute atomic E-state index is 0.00304. The molecule has 1 saturated heterocycles. The van der Waals surface area contributed by atoms with Gasteiger partial charge < -0.3 is 20.1 Å². The van der Waals surface area contributed by atoms with Gasteiger partial charge in [-0.15, -0.1) is 0 Å². The number of hydrogen-bond donors (Lipinski definition) is 2. The number of carbonyl (C=O) groups excluding carboxylic acids is 1. The number of carbonyl (C=O) groups is 1. The summed E-state index contributed by atoms with van der Waals surface area (Å²) < 4.78 is 2.32. The molecular weight excluding hydrogens is 502 g/mol. The summed E-state index contributed by atoms with van der Waals surface area (Å²) in [6.07, 6.45) is 3.28. The molecule has 2 aromatic carbocycles. The maximum atomic E-state index is 12.0. The first kappa shape index (κ1) is 26.6. The van der Waals surface area contributed by atoms with Gasteiger partial charge in [0.15, 0.2) is 5.11 Å². The first-order valence-electron chi connectivity index (χ1n) is 13.5. The molecule has 1 amide bonds. The summed E-state index contributed by atoms with van der Waals surface area (Å²) in [5, 5.41) is 7.21. The van der Waals surface area contributed by atoms with Crippen molar-refractivity contribution in [2.24, 2.45) is 0 Å². The summed E-state index contributed by atoms with van der Waals surface area (Å²) in [5.41, 5.74) is 9.70. The van der Waals surface area contributed by atoms with Gasteiger partial charge in [-0.05, 0) is 105 Å². The lowest BCUT2D eigenvalue weighted by molar-refractivity contribution is -0.115. The molecule has 3 heterocycles. The van der Waals surface area contributed by atoms with Crippen LogP contribution in [-0.2, 0) is 11.2 Å². The molecule has 0 radical (unpaired) electrons. The van der Waals surface area contributed by atoms with E-state index < -0.39 is 0 Å². The second kappa shape index (κ2) is 11.0. The average Bonchev–Trinajstić information content (AvgIpc) is 3.44. The van der Waals surface area contributed by atoms with Crippen LogP contribution in [0.4, 0.5) is 11.4 Å². The number of anilines is 2. The van der Waals surface area contributed by atoms with E-state index in [4.69, 9.17) is 17.2 Å². The summed E-state index contributed by atoms with van der Waals surface area (Å²) in [5.74, 6) is -0.00304. The highest BCUT2D eigenvalue weighted by molar-refractivity contribution is 7.80. The highest BCUT2D eigenvalue weighted by Gasteiger charge is 2.42. The first-order chi connectivity index (χ1) is 18.8. The van der Waals surface area contributed by atoms with E-state index in [-0.39, 0.29) is 18.0 Å². The minimum atomic E-state index is -0.130. The van der Waals surface area contributed by atoms with Gasteiger partial charge in [-0.25, -0.2) is 0 Å². The van der Waals surface area contributed by atoms with Gasteiger partial charge in [-0.2, -0.15) is 0 Å². The number of aromatic nitrogens is 2. The van der Waals surface area contributed by atoms with Gasteiger partial charge in [0, 0.05) is 41.1 Å². The zero-order valence-electron chi connectivity index (χ0n) is 23.2. The molecule has 0 saturated carbocycles. The van der Waals surface area contributed by atoms with E-state index >= 15 is 0 Å². The largest absolute Gasteiger partial charge is 0.351 e. The molecule has 4 aromatic rings. The van der Waals surface area contributed by atoms with Crippen LogP contribution in [0, 0.1) is 20.8 Å². The lowest BCUT2D eigenvalue weighted by atomic mass is 9.96. The van der Waals surface area contributed by atoms with E-state index in [0.29, 0.717) is 11.5 Å². The van der Waals surface area contributed by atoms with Gasteiger partial charge in [0.1, 0.15) is 0 Å². The van der Waals surface area contributed by atoms with Crippen LogP contribution < -0.4 is 15.5 Å². The third kappa shape index (κ3) is 5.06. The zero-order chi connectivity index (χ0) is 27.7. The van der Waals surface area contributed by atoms with Crippen LogP contribution in [0.1, 0.15) is 66.1 Å². The Kier molecular flexibility index (Phi) is 7.53. The summed E-state index contributed by atoms with van der Waals surface area (Å²) in [6.45, 7) is 10.4. The van der Waals surface area contributed by atoms with Crippen molar-refractivity contribution in [3.8, 4) is 5.69 Å². The monoisotopic (exact) mass is 537 g/mol. The van der Waals surface area contributed by atoms with Crippen molar-refractivity contribution in [1.82, 2.24) is 14.9 Å². The predicted octanol–water partition coefficient (Wildman–Crippen LogP) is 6.89. The Hall–Kier alpha value is -3.97. The number of hydrogen-bond acceptors (Lipinski definition) is 3. The second-order valence-corrected chi connectivity index (χ2v) is 10.5. The van der Waals surface area contributed by atoms with Crippen molar-refractivity contribution in [2.75, 3.05) is 10.2 Å². The van der Waals surface area contributed by atoms with E-state index in [9.17, 15) is 4.79 Å². The van der Waals surface area contributed by atoms with Gasteiger partial charge >= 0.3 is 0 Å². The lowest BCUT2D eigenvalue weighted by Gasteiger charge is -2.29. The second-order valence-electron chi connectivity index (χ2n) is 10.1. The van der Waals surface area contributed by atoms with Crippen LogP contribution >= 0.6 is 12.2 Å². The molecule has 6 nitrogen and oxygen atoms in total. The summed E-state index contributed by atoms with van der Waals surface area (Å²) in [4.78, 5) is 18.9. The Morgan fingerprint density at radius 1 is 1.00 bits per heavy atom. The van der Waals surface area contributed by atoms with Crippen molar-refractivity contribution in [1.29, 1.82) is 0 Å². The number of rotatable bonds is 7. The SMILES string of the molecule is CCC(=O)Nc1ccc(N2C(=S)N[C@@H](c3ccccn3)[C@@H]2c2cc(C)n(-c3ccc(CC)cc3)c2C)cc1C. The summed E-state index contributed by atoms with van der Waals surface area (Å²) in [7, 11) is 0. The molecule has 1 aliphatic rings. The quantitative estimate of drug-likeness (QED) is 0.252. The van der Waals surface area contributed by atoms with Crippen LogP contribution in [0.25, 0.3) is 5.69 Å². The van der Waals surface area contributed by atoms with Crippen molar-refractivity contribution in [2.45, 2.75) is 59.5 Å². The summed E-state index contributed by atoms with van der Waals surface area (Å²) in [6, 6.07) is 22.9. The van der Waals surface area contributed by atoms with Gasteiger partial charge in [-0.1, -0.05) is 32.0 Å². The number of nitrogens with zero attached hydrogens (tertiary/aromatic N) is 3. The Morgan fingerprint density at radius 3 is 2.38 bits per heavy atom. The van der Waals surface area contributed by atoms with Crippen LogP contribution in [0.15, 0.2) is 72.9 Å². The van der Waals surface area contributed by atoms with Crippen LogP contribution in [0.5, 0.6) is 0 Å². The molecule has 0 spiro atoms. The normalized spacial score (nSPS) is 16.8. The third-order valence-electron chi connectivity index (χ3n) is 7.57. The molecule has 200 valence electrons. The summed E-state index contributed by atoms with van der Waals surface area (Å²) >= 11 is 5.96. The maximum absolute atomic E-state index is 12.0. The van der Waals surface area contributed by atoms with Crippen LogP contribution in [0.3, 0.4) is 0 Å². The standard InChI is InChI=1S/C32H35N5OS/c1-6-23-11-13-24(14-12-23)36-21(4)19-26(22(36)5)31-30(28-10-8-9-17-33-28)35-32(39)37(31)25-15-16-27(20(3)18-25)34-29(38)7-2/h8-19,30-31H,6-7H2,1-5H3,(H,34,38)(H,35,39)/t30-,31-/m0/s1. The molecule has 1 fully saturated rings. The van der Waals surface area contributed by atoms with Crippen molar-refractivity contribution >= 4 is 34.6 Å². The Bertz CT molecular complexity index is 1510. The highest BCUT2D eigenvalue weighted by Crippen LogP contribution is 2.44. The fraction of sp³-hybridized carbons (Fsp3) is 0.281. The first-order valence-corrected chi connectivity index (χ1v) is 13.9. The van der Waals surface area contributed by atoms with Crippen LogP contribution in [0.2, 0.25) is 0 Å².